The van der Waals surface area contributed by atoms with Gasteiger partial charge in [-0.25, -0.2) is 26.7 Å². The van der Waals surface area contributed by atoms with Crippen molar-refractivity contribution < 1.29 is 16.8 Å². The molecule has 2 rings (SSSR count). The first-order valence-electron chi connectivity index (χ1n) is 6.65. The van der Waals surface area contributed by atoms with Gasteiger partial charge in [0.25, 0.3) is 0 Å². The maximum Gasteiger partial charge on any atom is 0.240 e. The molecule has 0 radical (unpaired) electrons. The lowest BCUT2D eigenvalue weighted by atomic mass is 9.92. The predicted octanol–water partition coefficient (Wildman–Crippen LogP) is 1.19. The molecule has 1 unspecified atom stereocenters. The van der Waals surface area contributed by atoms with Crippen LogP contribution < -0.4 is 9.86 Å². The van der Waals surface area contributed by atoms with E-state index in [0.29, 0.717) is 0 Å². The summed E-state index contributed by atoms with van der Waals surface area (Å²) in [5.41, 5.74) is 0.144. The zero-order valence-corrected chi connectivity index (χ0v) is 13.7. The van der Waals surface area contributed by atoms with Crippen molar-refractivity contribution in [2.75, 3.05) is 0 Å². The first-order chi connectivity index (χ1) is 9.50. The summed E-state index contributed by atoms with van der Waals surface area (Å²) < 4.78 is 49.5. The monoisotopic (exact) mass is 332 g/mol. The smallest absolute Gasteiger partial charge is 0.225 e. The lowest BCUT2D eigenvalue weighted by Crippen LogP contribution is -2.33. The summed E-state index contributed by atoms with van der Waals surface area (Å²) in [6.07, 6.45) is 2.58. The van der Waals surface area contributed by atoms with Crippen LogP contribution in [0.15, 0.2) is 34.1 Å². The molecule has 6 nitrogen and oxygen atoms in total. The second-order valence-electron chi connectivity index (χ2n) is 6.24. The van der Waals surface area contributed by atoms with E-state index >= 15 is 0 Å². The van der Waals surface area contributed by atoms with Gasteiger partial charge in [-0.05, 0) is 48.9 Å². The van der Waals surface area contributed by atoms with Crippen molar-refractivity contribution in [3.63, 3.8) is 0 Å². The molecule has 1 aromatic carbocycles. The van der Waals surface area contributed by atoms with E-state index in [9.17, 15) is 16.8 Å². The Balaban J connectivity index is 2.17. The Morgan fingerprint density at radius 2 is 1.62 bits per heavy atom. The van der Waals surface area contributed by atoms with Crippen molar-refractivity contribution in [1.29, 1.82) is 0 Å². The van der Waals surface area contributed by atoms with Crippen LogP contribution in [0.25, 0.3) is 0 Å². The molecule has 118 valence electrons. The van der Waals surface area contributed by atoms with E-state index in [-0.39, 0.29) is 21.2 Å². The summed E-state index contributed by atoms with van der Waals surface area (Å²) in [5, 5.41) is 4.98. The average molecular weight is 332 g/mol. The van der Waals surface area contributed by atoms with Crippen LogP contribution in [0.5, 0.6) is 0 Å². The number of sulfonamides is 2. The van der Waals surface area contributed by atoms with Gasteiger partial charge in [0.15, 0.2) is 0 Å². The highest BCUT2D eigenvalue weighted by molar-refractivity contribution is 7.89. The quantitative estimate of drug-likeness (QED) is 0.863. The minimum atomic E-state index is -3.82. The van der Waals surface area contributed by atoms with Crippen molar-refractivity contribution in [1.82, 2.24) is 4.72 Å². The van der Waals surface area contributed by atoms with Gasteiger partial charge >= 0.3 is 0 Å². The van der Waals surface area contributed by atoms with Gasteiger partial charge < -0.3 is 0 Å². The number of primary sulfonamides is 1. The molecule has 0 heterocycles. The summed E-state index contributed by atoms with van der Waals surface area (Å²) in [6, 6.07) is 4.82. The molecule has 1 aliphatic carbocycles. The van der Waals surface area contributed by atoms with E-state index in [1.54, 1.807) is 0 Å². The summed E-state index contributed by atoms with van der Waals surface area (Å²) in [5.74, 6) is 0. The van der Waals surface area contributed by atoms with Gasteiger partial charge in [0.2, 0.25) is 20.0 Å². The van der Waals surface area contributed by atoms with Crippen LogP contribution >= 0.6 is 0 Å². The largest absolute Gasteiger partial charge is 0.240 e. The number of rotatable bonds is 4. The van der Waals surface area contributed by atoms with E-state index in [4.69, 9.17) is 5.14 Å². The maximum atomic E-state index is 12.3. The van der Waals surface area contributed by atoms with Gasteiger partial charge in [-0.3, -0.25) is 0 Å². The van der Waals surface area contributed by atoms with Gasteiger partial charge in [-0.15, -0.1) is 0 Å². The topological polar surface area (TPSA) is 106 Å². The summed E-state index contributed by atoms with van der Waals surface area (Å²) in [7, 11) is -7.46. The number of benzene rings is 1. The Hall–Kier alpha value is -0.960. The summed E-state index contributed by atoms with van der Waals surface area (Å²) in [6.45, 7) is 4.23. The van der Waals surface area contributed by atoms with Gasteiger partial charge in [-0.1, -0.05) is 13.8 Å². The minimum Gasteiger partial charge on any atom is -0.225 e. The molecule has 1 aliphatic rings. The molecule has 1 saturated carbocycles. The number of nitrogens with two attached hydrogens (primary N) is 1. The van der Waals surface area contributed by atoms with Crippen LogP contribution in [-0.4, -0.2) is 22.9 Å². The Kier molecular flexibility index (Phi) is 4.18. The van der Waals surface area contributed by atoms with Crippen LogP contribution in [0, 0.1) is 5.41 Å². The van der Waals surface area contributed by atoms with E-state index < -0.39 is 20.0 Å². The minimum absolute atomic E-state index is 0.0413. The van der Waals surface area contributed by atoms with Crippen molar-refractivity contribution in [3.8, 4) is 0 Å². The van der Waals surface area contributed by atoms with Crippen LogP contribution in [0.1, 0.15) is 33.1 Å². The maximum absolute atomic E-state index is 12.3. The first kappa shape index (κ1) is 16.4. The van der Waals surface area contributed by atoms with Gasteiger partial charge in [0.1, 0.15) is 0 Å². The number of nitrogens with one attached hydrogen (secondary N) is 1. The number of hydrogen-bond acceptors (Lipinski definition) is 4. The predicted molar refractivity (Wildman–Crippen MR) is 79.6 cm³/mol. The third-order valence-electron chi connectivity index (χ3n) is 3.75. The van der Waals surface area contributed by atoms with Gasteiger partial charge in [-0.2, -0.15) is 0 Å². The van der Waals surface area contributed by atoms with E-state index in [1.165, 1.54) is 24.3 Å². The van der Waals surface area contributed by atoms with Crippen molar-refractivity contribution in [2.45, 2.75) is 48.9 Å². The Morgan fingerprint density at radius 1 is 1.10 bits per heavy atom. The zero-order valence-electron chi connectivity index (χ0n) is 12.0. The SMILES string of the molecule is CC1(C)CCC(NS(=O)(=O)c2ccc(S(N)(=O)=O)cc2)C1. The van der Waals surface area contributed by atoms with Crippen LogP contribution in [-0.2, 0) is 20.0 Å². The first-order valence-corrected chi connectivity index (χ1v) is 9.68. The molecular weight excluding hydrogens is 312 g/mol. The Morgan fingerprint density at radius 3 is 2.05 bits per heavy atom. The van der Waals surface area contributed by atoms with Crippen LogP contribution in [0.4, 0.5) is 0 Å². The fourth-order valence-corrected chi connectivity index (χ4v) is 4.42. The molecule has 0 amide bonds. The average Bonchev–Trinajstić information content (AvgIpc) is 2.67. The molecule has 0 spiro atoms. The molecule has 0 saturated heterocycles. The normalized spacial score (nSPS) is 22.3. The highest BCUT2D eigenvalue weighted by Crippen LogP contribution is 2.37. The molecule has 0 bridgehead atoms. The molecular formula is C13H20N2O4S2. The van der Waals surface area contributed by atoms with Crippen molar-refractivity contribution >= 4 is 20.0 Å². The summed E-state index contributed by atoms with van der Waals surface area (Å²) in [4.78, 5) is -0.0666. The molecule has 3 N–H and O–H groups in total. The second-order valence-corrected chi connectivity index (χ2v) is 9.52. The van der Waals surface area contributed by atoms with Gasteiger partial charge in [0.05, 0.1) is 9.79 Å². The zero-order chi connectivity index (χ0) is 15.9. The number of hydrogen-bond donors (Lipinski definition) is 2. The third-order valence-corrected chi connectivity index (χ3v) is 6.22. The molecule has 1 fully saturated rings. The molecule has 1 atom stereocenters. The fourth-order valence-electron chi connectivity index (χ4n) is 2.63. The molecule has 21 heavy (non-hydrogen) atoms. The van der Waals surface area contributed by atoms with E-state index in [1.807, 2.05) is 0 Å². The Bertz CT molecular complexity index is 722. The highest BCUT2D eigenvalue weighted by atomic mass is 32.2. The molecule has 0 aliphatic heterocycles. The van der Waals surface area contributed by atoms with Crippen molar-refractivity contribution in [2.24, 2.45) is 10.6 Å². The van der Waals surface area contributed by atoms with Crippen LogP contribution in [0.2, 0.25) is 0 Å². The highest BCUT2D eigenvalue weighted by Gasteiger charge is 2.33. The molecule has 8 heteroatoms. The standard InChI is InChI=1S/C13H20N2O4S2/c1-13(2)8-7-10(9-13)15-21(18,19)12-5-3-11(4-6-12)20(14,16)17/h3-6,10,15H,7-9H2,1-2H3,(H2,14,16,17). The lowest BCUT2D eigenvalue weighted by Gasteiger charge is -2.18. The van der Waals surface area contributed by atoms with Crippen LogP contribution in [0.3, 0.4) is 0 Å². The van der Waals surface area contributed by atoms with E-state index in [2.05, 4.69) is 18.6 Å². The lowest BCUT2D eigenvalue weighted by molar-refractivity contribution is 0.372. The fraction of sp³-hybridized carbons (Fsp3) is 0.538. The second kappa shape index (κ2) is 5.35. The molecule has 0 aromatic heterocycles. The van der Waals surface area contributed by atoms with E-state index in [0.717, 1.165) is 19.3 Å². The third kappa shape index (κ3) is 4.03. The van der Waals surface area contributed by atoms with Gasteiger partial charge in [0, 0.05) is 6.04 Å². The summed E-state index contributed by atoms with van der Waals surface area (Å²) >= 11 is 0. The Labute approximate surface area is 125 Å². The molecule has 1 aromatic rings. The van der Waals surface area contributed by atoms with Crippen molar-refractivity contribution in [3.05, 3.63) is 24.3 Å².